The molecule has 1 heterocycles. The Bertz CT molecular complexity index is 1230. The summed E-state index contributed by atoms with van der Waals surface area (Å²) < 4.78 is 0. The molecule has 0 aliphatic heterocycles. The molecule has 3 aromatic rings. The molecule has 3 rings (SSSR count). The third kappa shape index (κ3) is 6.38. The lowest BCUT2D eigenvalue weighted by molar-refractivity contribution is -0.387. The van der Waals surface area contributed by atoms with Crippen molar-refractivity contribution in [1.29, 1.82) is 0 Å². The number of nitro groups is 1. The largest absolute Gasteiger partial charge is 0.480 e. The number of nitro benzene ring substituents is 1. The summed E-state index contributed by atoms with van der Waals surface area (Å²) in [6.45, 7) is 3.66. The molecule has 0 saturated heterocycles. The average Bonchev–Trinajstić information content (AvgIpc) is 3.14. The molecule has 0 radical (unpaired) electrons. The van der Waals surface area contributed by atoms with E-state index in [2.05, 4.69) is 10.3 Å². The second-order valence-electron chi connectivity index (χ2n) is 8.65. The summed E-state index contributed by atoms with van der Waals surface area (Å²) >= 11 is 1.17. The third-order valence-corrected chi connectivity index (χ3v) is 6.60. The first-order chi connectivity index (χ1) is 16.6. The van der Waals surface area contributed by atoms with E-state index in [4.69, 9.17) is 5.73 Å². The van der Waals surface area contributed by atoms with Crippen molar-refractivity contribution in [2.45, 2.75) is 54.8 Å². The van der Waals surface area contributed by atoms with Crippen LogP contribution in [0.5, 0.6) is 0 Å². The summed E-state index contributed by atoms with van der Waals surface area (Å²) in [7, 11) is 0. The van der Waals surface area contributed by atoms with Gasteiger partial charge in [-0.25, -0.2) is 4.79 Å². The molecule has 1 aromatic heterocycles. The molecule has 11 heteroatoms. The highest BCUT2D eigenvalue weighted by Crippen LogP contribution is 2.39. The number of aliphatic carboxylic acids is 1. The zero-order chi connectivity index (χ0) is 25.7. The van der Waals surface area contributed by atoms with Crippen LogP contribution in [0.2, 0.25) is 0 Å². The van der Waals surface area contributed by atoms with Crippen LogP contribution in [0.1, 0.15) is 25.8 Å². The Morgan fingerprint density at radius 2 is 1.83 bits per heavy atom. The van der Waals surface area contributed by atoms with Crippen LogP contribution >= 0.6 is 11.8 Å². The molecule has 10 nitrogen and oxygen atoms in total. The van der Waals surface area contributed by atoms with Crippen molar-refractivity contribution >= 4 is 40.2 Å². The van der Waals surface area contributed by atoms with Crippen molar-refractivity contribution in [2.75, 3.05) is 0 Å². The van der Waals surface area contributed by atoms with Crippen molar-refractivity contribution in [3.8, 4) is 0 Å². The molecular formula is C24H28N4O6S. The lowest BCUT2D eigenvalue weighted by atomic mass is 9.99. The van der Waals surface area contributed by atoms with Crippen molar-refractivity contribution in [3.63, 3.8) is 0 Å². The number of benzene rings is 2. The predicted octanol–water partition coefficient (Wildman–Crippen LogP) is 3.07. The second kappa shape index (κ2) is 11.3. The number of aliphatic hydroxyl groups is 1. The first-order valence-electron chi connectivity index (χ1n) is 11.1. The number of carbonyl (C=O) groups is 2. The quantitative estimate of drug-likeness (QED) is 0.197. The summed E-state index contributed by atoms with van der Waals surface area (Å²) in [4.78, 5) is 38.7. The number of nitrogens with one attached hydrogen (secondary N) is 2. The number of aliphatic hydroxyl groups excluding tert-OH is 1. The fourth-order valence-electron chi connectivity index (χ4n) is 3.76. The van der Waals surface area contributed by atoms with Gasteiger partial charge in [-0.1, -0.05) is 55.9 Å². The maximum Gasteiger partial charge on any atom is 0.326 e. The van der Waals surface area contributed by atoms with Crippen LogP contribution in [0.4, 0.5) is 5.69 Å². The van der Waals surface area contributed by atoms with E-state index in [1.54, 1.807) is 18.2 Å². The van der Waals surface area contributed by atoms with Gasteiger partial charge >= 0.3 is 5.97 Å². The minimum atomic E-state index is -1.65. The Morgan fingerprint density at radius 1 is 1.17 bits per heavy atom. The molecule has 3 atom stereocenters. The molecular weight excluding hydrogens is 472 g/mol. The van der Waals surface area contributed by atoms with Gasteiger partial charge < -0.3 is 26.2 Å². The molecule has 0 unspecified atom stereocenters. The van der Waals surface area contributed by atoms with Gasteiger partial charge in [0.25, 0.3) is 11.6 Å². The normalized spacial score (nSPS) is 14.0. The van der Waals surface area contributed by atoms with Crippen LogP contribution in [0.25, 0.3) is 10.9 Å². The van der Waals surface area contributed by atoms with Crippen LogP contribution in [0.3, 0.4) is 0 Å². The van der Waals surface area contributed by atoms with Crippen LogP contribution < -0.4 is 11.1 Å². The maximum atomic E-state index is 12.6. The second-order valence-corrected chi connectivity index (χ2v) is 9.70. The number of rotatable bonds is 11. The van der Waals surface area contributed by atoms with Gasteiger partial charge in [0.05, 0.1) is 14.8 Å². The van der Waals surface area contributed by atoms with E-state index >= 15 is 0 Å². The number of H-pyrrole nitrogens is 1. The molecule has 186 valence electrons. The number of aromatic amines is 1. The first-order valence-corrected chi connectivity index (χ1v) is 11.9. The number of carboxylic acids is 1. The molecule has 0 aliphatic carbocycles. The molecule has 1 amide bonds. The highest BCUT2D eigenvalue weighted by Gasteiger charge is 2.30. The zero-order valence-corrected chi connectivity index (χ0v) is 20.1. The van der Waals surface area contributed by atoms with Gasteiger partial charge in [0, 0.05) is 23.0 Å². The summed E-state index contributed by atoms with van der Waals surface area (Å²) in [5.74, 6) is -2.03. The van der Waals surface area contributed by atoms with Gasteiger partial charge in [-0.05, 0) is 36.5 Å². The molecule has 0 aliphatic rings. The van der Waals surface area contributed by atoms with E-state index in [9.17, 15) is 29.9 Å². The standard InChI is InChI=1S/C24H28N4O6S/c1-13(2)11-18(24(31)32)26-22(30)21(29)16(25)12-15-14-7-3-4-8-17(14)27-23(15)35-20-10-6-5-9-19(20)28(33)34/h3-10,13,16,18,21,27,29H,11-12,25H2,1-2H3,(H,26,30)(H,31,32)/t16-,18+,21-/m1/s1. The molecule has 0 spiro atoms. The van der Waals surface area contributed by atoms with E-state index in [1.807, 2.05) is 38.1 Å². The van der Waals surface area contributed by atoms with Crippen molar-refractivity contribution in [2.24, 2.45) is 11.7 Å². The number of hydrogen-bond acceptors (Lipinski definition) is 7. The lowest BCUT2D eigenvalue weighted by Gasteiger charge is -2.22. The molecule has 0 bridgehead atoms. The number of para-hydroxylation sites is 2. The minimum Gasteiger partial charge on any atom is -0.480 e. The monoisotopic (exact) mass is 500 g/mol. The predicted molar refractivity (Wildman–Crippen MR) is 132 cm³/mol. The Balaban J connectivity index is 1.86. The zero-order valence-electron chi connectivity index (χ0n) is 19.3. The Kier molecular flexibility index (Phi) is 8.49. The fraction of sp³-hybridized carbons (Fsp3) is 0.333. The first kappa shape index (κ1) is 26.2. The van der Waals surface area contributed by atoms with E-state index in [0.717, 1.165) is 10.9 Å². The van der Waals surface area contributed by atoms with E-state index in [0.29, 0.717) is 15.5 Å². The number of fused-ring (bicyclic) bond motifs is 1. The van der Waals surface area contributed by atoms with Gasteiger partial charge in [0.1, 0.15) is 12.1 Å². The average molecular weight is 501 g/mol. The van der Waals surface area contributed by atoms with Gasteiger partial charge in [-0.15, -0.1) is 0 Å². The van der Waals surface area contributed by atoms with Gasteiger partial charge in [-0.2, -0.15) is 0 Å². The van der Waals surface area contributed by atoms with Crippen LogP contribution in [-0.2, 0) is 16.0 Å². The van der Waals surface area contributed by atoms with Crippen LogP contribution in [-0.4, -0.2) is 50.2 Å². The van der Waals surface area contributed by atoms with Crippen molar-refractivity contribution < 1.29 is 24.7 Å². The summed E-state index contributed by atoms with van der Waals surface area (Å²) in [5.41, 5.74) is 7.63. The topological polar surface area (TPSA) is 172 Å². The van der Waals surface area contributed by atoms with Gasteiger partial charge in [0.15, 0.2) is 0 Å². The summed E-state index contributed by atoms with van der Waals surface area (Å²) in [6, 6.07) is 11.5. The fourth-order valence-corrected chi connectivity index (χ4v) is 4.85. The smallest absolute Gasteiger partial charge is 0.326 e. The van der Waals surface area contributed by atoms with E-state index in [1.165, 1.54) is 17.8 Å². The highest BCUT2D eigenvalue weighted by atomic mass is 32.2. The molecule has 6 N–H and O–H groups in total. The number of hydrogen-bond donors (Lipinski definition) is 5. The molecule has 0 saturated carbocycles. The molecule has 35 heavy (non-hydrogen) atoms. The third-order valence-electron chi connectivity index (χ3n) is 5.48. The SMILES string of the molecule is CC(C)C[C@H](NC(=O)[C@H](O)[C@H](N)Cc1c(Sc2ccccc2[N+](=O)[O-])[nH]c2ccccc12)C(=O)O. The number of aromatic nitrogens is 1. The number of carboxylic acid groups (broad SMARTS) is 1. The van der Waals surface area contributed by atoms with E-state index in [-0.39, 0.29) is 24.4 Å². The number of amides is 1. The van der Waals surface area contributed by atoms with Gasteiger partial charge in [-0.3, -0.25) is 14.9 Å². The Labute approximate surface area is 206 Å². The Morgan fingerprint density at radius 3 is 2.49 bits per heavy atom. The maximum absolute atomic E-state index is 12.6. The van der Waals surface area contributed by atoms with Crippen LogP contribution in [0.15, 0.2) is 58.5 Å². The minimum absolute atomic E-state index is 0.0232. The van der Waals surface area contributed by atoms with Crippen molar-refractivity contribution in [3.05, 3.63) is 64.2 Å². The lowest BCUT2D eigenvalue weighted by Crippen LogP contribution is -2.52. The Hall–Kier alpha value is -3.41. The number of carbonyl (C=O) groups excluding carboxylic acids is 1. The van der Waals surface area contributed by atoms with E-state index < -0.39 is 35.0 Å². The molecule has 2 aromatic carbocycles. The van der Waals surface area contributed by atoms with Crippen LogP contribution in [0, 0.1) is 16.0 Å². The van der Waals surface area contributed by atoms with Crippen molar-refractivity contribution in [1.82, 2.24) is 10.3 Å². The number of nitrogens with two attached hydrogens (primary N) is 1. The molecule has 0 fully saturated rings. The highest BCUT2D eigenvalue weighted by molar-refractivity contribution is 7.99. The van der Waals surface area contributed by atoms with Gasteiger partial charge in [0.2, 0.25) is 0 Å². The number of nitrogens with zero attached hydrogens (tertiary/aromatic N) is 1. The summed E-state index contributed by atoms with van der Waals surface area (Å²) in [5, 5.41) is 35.2. The summed E-state index contributed by atoms with van der Waals surface area (Å²) in [6.07, 6.45) is -1.37.